The van der Waals surface area contributed by atoms with E-state index >= 15 is 0 Å². The van der Waals surface area contributed by atoms with Crippen LogP contribution >= 0.6 is 0 Å². The number of hydrogen-bond acceptors (Lipinski definition) is 3. The van der Waals surface area contributed by atoms with Crippen molar-refractivity contribution in [2.24, 2.45) is 0 Å². The average molecular weight is 317 g/mol. The summed E-state index contributed by atoms with van der Waals surface area (Å²) in [6, 6.07) is 9.61. The zero-order valence-electron chi connectivity index (χ0n) is 12.8. The molecule has 1 amide bonds. The number of carbonyl (C=O) groups is 1. The number of furan rings is 1. The molecule has 0 saturated heterocycles. The number of rotatable bonds is 7. The summed E-state index contributed by atoms with van der Waals surface area (Å²) in [6.07, 6.45) is 3.66. The van der Waals surface area contributed by atoms with Gasteiger partial charge in [0.15, 0.2) is 0 Å². The zero-order valence-corrected chi connectivity index (χ0v) is 12.8. The van der Waals surface area contributed by atoms with E-state index in [1.807, 2.05) is 6.07 Å². The molecular weight excluding hydrogens is 297 g/mol. The van der Waals surface area contributed by atoms with Gasteiger partial charge in [0.05, 0.1) is 18.9 Å². The van der Waals surface area contributed by atoms with Crippen molar-refractivity contribution in [1.29, 1.82) is 0 Å². The Morgan fingerprint density at radius 3 is 2.65 bits per heavy atom. The Balaban J connectivity index is 1.59. The Labute approximate surface area is 134 Å². The molecule has 1 unspecified atom stereocenters. The van der Waals surface area contributed by atoms with Crippen LogP contribution in [-0.2, 0) is 11.2 Å². The molecule has 1 fully saturated rings. The van der Waals surface area contributed by atoms with Crippen LogP contribution in [0.25, 0.3) is 0 Å². The standard InChI is InChI=1S/C18H20FNO3/c19-14-5-3-13(4-6-14)17(21)12-20(15-7-8-15)18(22)10-9-16-2-1-11-23-16/h1-6,11,15,17,21H,7-10,12H2. The number of aliphatic hydroxyl groups excluding tert-OH is 1. The summed E-state index contributed by atoms with van der Waals surface area (Å²) in [5.74, 6) is 0.466. The number of aryl methyl sites for hydroxylation is 1. The molecule has 1 aliphatic carbocycles. The molecule has 122 valence electrons. The van der Waals surface area contributed by atoms with Crippen LogP contribution in [0.5, 0.6) is 0 Å². The highest BCUT2D eigenvalue weighted by atomic mass is 19.1. The maximum Gasteiger partial charge on any atom is 0.223 e. The Kier molecular flexibility index (Phi) is 4.76. The largest absolute Gasteiger partial charge is 0.469 e. The number of hydrogen-bond donors (Lipinski definition) is 1. The van der Waals surface area contributed by atoms with Crippen LogP contribution in [-0.4, -0.2) is 28.5 Å². The minimum atomic E-state index is -0.802. The van der Waals surface area contributed by atoms with E-state index in [-0.39, 0.29) is 24.3 Å². The third-order valence-electron chi connectivity index (χ3n) is 4.10. The van der Waals surface area contributed by atoms with Crippen molar-refractivity contribution in [2.75, 3.05) is 6.54 Å². The second kappa shape index (κ2) is 6.96. The molecule has 4 nitrogen and oxygen atoms in total. The van der Waals surface area contributed by atoms with Gasteiger partial charge in [-0.2, -0.15) is 0 Å². The van der Waals surface area contributed by atoms with E-state index < -0.39 is 6.10 Å². The third-order valence-corrected chi connectivity index (χ3v) is 4.10. The smallest absolute Gasteiger partial charge is 0.223 e. The molecule has 0 aliphatic heterocycles. The highest BCUT2D eigenvalue weighted by Gasteiger charge is 2.33. The summed E-state index contributed by atoms with van der Waals surface area (Å²) in [6.45, 7) is 0.243. The fraction of sp³-hybridized carbons (Fsp3) is 0.389. The number of amides is 1. The number of benzene rings is 1. The predicted molar refractivity (Wildman–Crippen MR) is 83.1 cm³/mol. The molecule has 1 aromatic heterocycles. The quantitative estimate of drug-likeness (QED) is 0.854. The van der Waals surface area contributed by atoms with Gasteiger partial charge in [0.25, 0.3) is 0 Å². The van der Waals surface area contributed by atoms with E-state index in [4.69, 9.17) is 4.42 Å². The number of halogens is 1. The summed E-state index contributed by atoms with van der Waals surface area (Å²) in [5, 5.41) is 10.3. The van der Waals surface area contributed by atoms with Gasteiger partial charge in [-0.3, -0.25) is 4.79 Å². The summed E-state index contributed by atoms with van der Waals surface area (Å²) < 4.78 is 18.2. The van der Waals surface area contributed by atoms with Crippen LogP contribution in [0, 0.1) is 5.82 Å². The lowest BCUT2D eigenvalue weighted by Gasteiger charge is -2.25. The summed E-state index contributed by atoms with van der Waals surface area (Å²) in [5.41, 5.74) is 0.621. The number of aliphatic hydroxyl groups is 1. The molecule has 1 heterocycles. The summed E-state index contributed by atoms with van der Waals surface area (Å²) in [4.78, 5) is 14.2. The molecule has 0 bridgehead atoms. The van der Waals surface area contributed by atoms with Gasteiger partial charge >= 0.3 is 0 Å². The van der Waals surface area contributed by atoms with Crippen LogP contribution in [0.4, 0.5) is 4.39 Å². The SMILES string of the molecule is O=C(CCc1ccco1)N(CC(O)c1ccc(F)cc1)C1CC1. The van der Waals surface area contributed by atoms with Crippen molar-refractivity contribution in [2.45, 2.75) is 37.8 Å². The summed E-state index contributed by atoms with van der Waals surface area (Å²) in [7, 11) is 0. The molecule has 5 heteroatoms. The monoisotopic (exact) mass is 317 g/mol. The molecule has 23 heavy (non-hydrogen) atoms. The van der Waals surface area contributed by atoms with Crippen molar-refractivity contribution >= 4 is 5.91 Å². The summed E-state index contributed by atoms with van der Waals surface area (Å²) >= 11 is 0. The molecule has 0 spiro atoms. The van der Waals surface area contributed by atoms with E-state index in [2.05, 4.69) is 0 Å². The molecule has 2 aromatic rings. The Hall–Kier alpha value is -2.14. The normalized spacial score (nSPS) is 15.4. The zero-order chi connectivity index (χ0) is 16.2. The second-order valence-electron chi connectivity index (χ2n) is 5.92. The molecule has 3 rings (SSSR count). The lowest BCUT2D eigenvalue weighted by atomic mass is 10.1. The van der Waals surface area contributed by atoms with Gasteiger partial charge < -0.3 is 14.4 Å². The van der Waals surface area contributed by atoms with E-state index in [9.17, 15) is 14.3 Å². The first kappa shape index (κ1) is 15.7. The van der Waals surface area contributed by atoms with Crippen molar-refractivity contribution in [3.8, 4) is 0 Å². The van der Waals surface area contributed by atoms with Gasteiger partial charge in [-0.05, 0) is 42.7 Å². The number of carbonyl (C=O) groups excluding carboxylic acids is 1. The minimum absolute atomic E-state index is 0.0186. The topological polar surface area (TPSA) is 53.7 Å². The maximum atomic E-state index is 13.0. The van der Waals surface area contributed by atoms with Crippen molar-refractivity contribution in [3.05, 3.63) is 59.8 Å². The van der Waals surface area contributed by atoms with Gasteiger partial charge in [-0.1, -0.05) is 12.1 Å². The predicted octanol–water partition coefficient (Wildman–Crippen LogP) is 3.08. The van der Waals surface area contributed by atoms with E-state index in [1.54, 1.807) is 29.4 Å². The van der Waals surface area contributed by atoms with E-state index in [0.29, 0.717) is 18.4 Å². The van der Waals surface area contributed by atoms with Crippen LogP contribution in [0.3, 0.4) is 0 Å². The van der Waals surface area contributed by atoms with Crippen LogP contribution < -0.4 is 0 Å². The number of nitrogens with zero attached hydrogens (tertiary/aromatic N) is 1. The van der Waals surface area contributed by atoms with Gasteiger partial charge in [0.2, 0.25) is 5.91 Å². The van der Waals surface area contributed by atoms with Crippen molar-refractivity contribution in [3.63, 3.8) is 0 Å². The van der Waals surface area contributed by atoms with Crippen LogP contribution in [0.15, 0.2) is 47.1 Å². The molecule has 0 radical (unpaired) electrons. The highest BCUT2D eigenvalue weighted by molar-refractivity contribution is 5.77. The van der Waals surface area contributed by atoms with Gasteiger partial charge in [0, 0.05) is 18.9 Å². The molecule has 1 N–H and O–H groups in total. The Morgan fingerprint density at radius 1 is 1.30 bits per heavy atom. The average Bonchev–Trinajstić information content (AvgIpc) is 3.26. The van der Waals surface area contributed by atoms with E-state index in [1.165, 1.54) is 12.1 Å². The van der Waals surface area contributed by atoms with E-state index in [0.717, 1.165) is 18.6 Å². The van der Waals surface area contributed by atoms with Gasteiger partial charge in [-0.25, -0.2) is 4.39 Å². The first-order chi connectivity index (χ1) is 11.1. The Morgan fingerprint density at radius 2 is 2.04 bits per heavy atom. The van der Waals surface area contributed by atoms with Gasteiger partial charge in [-0.15, -0.1) is 0 Å². The van der Waals surface area contributed by atoms with Gasteiger partial charge in [0.1, 0.15) is 11.6 Å². The second-order valence-corrected chi connectivity index (χ2v) is 5.92. The third kappa shape index (κ3) is 4.20. The fourth-order valence-electron chi connectivity index (χ4n) is 2.65. The first-order valence-electron chi connectivity index (χ1n) is 7.89. The Bertz CT molecular complexity index is 635. The van der Waals surface area contributed by atoms with Crippen molar-refractivity contribution in [1.82, 2.24) is 4.90 Å². The lowest BCUT2D eigenvalue weighted by Crippen LogP contribution is -2.36. The minimum Gasteiger partial charge on any atom is -0.469 e. The molecule has 1 aromatic carbocycles. The first-order valence-corrected chi connectivity index (χ1v) is 7.89. The molecule has 1 saturated carbocycles. The fourth-order valence-corrected chi connectivity index (χ4v) is 2.65. The highest BCUT2D eigenvalue weighted by Crippen LogP contribution is 2.29. The molecule has 1 aliphatic rings. The van der Waals surface area contributed by atoms with Crippen LogP contribution in [0.2, 0.25) is 0 Å². The lowest BCUT2D eigenvalue weighted by molar-refractivity contribution is -0.133. The maximum absolute atomic E-state index is 13.0. The molecule has 1 atom stereocenters. The van der Waals surface area contributed by atoms with Crippen LogP contribution in [0.1, 0.15) is 36.7 Å². The molecular formula is C18H20FNO3. The van der Waals surface area contributed by atoms with Crippen molar-refractivity contribution < 1.29 is 18.7 Å².